The quantitative estimate of drug-likeness (QED) is 0.139. The van der Waals surface area contributed by atoms with Crippen LogP contribution in [0, 0.1) is 0 Å². The molecule has 0 amide bonds. The third-order valence-electron chi connectivity index (χ3n) is 14.9. The molecule has 4 nitrogen and oxygen atoms in total. The second-order valence-corrected chi connectivity index (χ2v) is 21.8. The number of pyridine rings is 1. The molecule has 0 radical (unpaired) electrons. The van der Waals surface area contributed by atoms with E-state index in [0.29, 0.717) is 11.4 Å². The summed E-state index contributed by atoms with van der Waals surface area (Å²) in [6.07, 6.45) is 1.91. The van der Waals surface area contributed by atoms with E-state index in [1.807, 2.05) is 24.4 Å². The summed E-state index contributed by atoms with van der Waals surface area (Å²) in [5.41, 5.74) is 18.9. The van der Waals surface area contributed by atoms with Gasteiger partial charge in [0, 0.05) is 33.9 Å². The summed E-state index contributed by atoms with van der Waals surface area (Å²) in [6.45, 7) is 15.8. The monoisotopic (exact) mass is 959 g/mol. The Balaban J connectivity index is 1.06. The zero-order chi connectivity index (χ0) is 51.2. The number of rotatable bonds is 10. The minimum atomic E-state index is -0.326. The molecule has 0 aliphatic carbocycles. The molecule has 0 spiro atoms. The van der Waals surface area contributed by atoms with Crippen molar-refractivity contribution in [3.8, 4) is 78.6 Å². The van der Waals surface area contributed by atoms with Crippen LogP contribution in [0.5, 0.6) is 5.75 Å². The Kier molecular flexibility index (Phi) is 12.3. The number of hydrogen-bond donors (Lipinski definition) is 1. The van der Waals surface area contributed by atoms with Crippen molar-refractivity contribution in [3.05, 3.63) is 265 Å². The predicted octanol–water partition coefficient (Wildman–Crippen LogP) is 18.1. The molecule has 0 fully saturated rings. The molecule has 0 unspecified atom stereocenters. The van der Waals surface area contributed by atoms with Gasteiger partial charge in [-0.05, 0) is 122 Å². The van der Waals surface area contributed by atoms with E-state index < -0.39 is 0 Å². The summed E-state index contributed by atoms with van der Waals surface area (Å²) in [7, 11) is 0. The molecule has 0 aliphatic heterocycles. The Labute approximate surface area is 436 Å². The molecule has 0 saturated carbocycles. The van der Waals surface area contributed by atoms with Gasteiger partial charge < -0.3 is 5.11 Å². The third kappa shape index (κ3) is 8.92. The predicted molar refractivity (Wildman–Crippen MR) is 309 cm³/mol. The lowest BCUT2D eigenvalue weighted by Gasteiger charge is -2.32. The molecule has 0 bridgehead atoms. The average molecular weight is 960 g/mol. The van der Waals surface area contributed by atoms with E-state index in [1.165, 1.54) is 22.3 Å². The van der Waals surface area contributed by atoms with Crippen LogP contribution < -0.4 is 0 Å². The van der Waals surface area contributed by atoms with Crippen molar-refractivity contribution < 1.29 is 5.11 Å². The van der Waals surface area contributed by atoms with Gasteiger partial charge in [0.15, 0.2) is 0 Å². The van der Waals surface area contributed by atoms with Crippen LogP contribution in [0.2, 0.25) is 0 Å². The Morgan fingerprint density at radius 1 is 0.365 bits per heavy atom. The smallest absolute Gasteiger partial charge is 0.149 e. The van der Waals surface area contributed by atoms with Gasteiger partial charge in [0.25, 0.3) is 0 Å². The van der Waals surface area contributed by atoms with Crippen LogP contribution >= 0.6 is 0 Å². The van der Waals surface area contributed by atoms with Crippen LogP contribution in [0.15, 0.2) is 237 Å². The summed E-state index contributed by atoms with van der Waals surface area (Å²) >= 11 is 0. The highest BCUT2D eigenvalue weighted by Gasteiger charge is 2.31. The number of fused-ring (bicyclic) bond motifs is 1. The molecule has 11 rings (SSSR count). The normalized spacial score (nSPS) is 12.0. The highest BCUT2D eigenvalue weighted by atomic mass is 16.3. The van der Waals surface area contributed by atoms with Crippen LogP contribution in [0.4, 0.5) is 0 Å². The zero-order valence-electron chi connectivity index (χ0n) is 43.3. The third-order valence-corrected chi connectivity index (χ3v) is 14.9. The van der Waals surface area contributed by atoms with E-state index in [4.69, 9.17) is 9.97 Å². The van der Waals surface area contributed by atoms with E-state index in [9.17, 15) is 5.11 Å². The lowest BCUT2D eigenvalue weighted by molar-refractivity contribution is 0.477. The van der Waals surface area contributed by atoms with E-state index in [2.05, 4.69) is 265 Å². The molecule has 9 aromatic carbocycles. The molecule has 0 saturated heterocycles. The Hall–Kier alpha value is -8.60. The molecule has 2 heterocycles. The molecular weight excluding hydrogens is 899 g/mol. The van der Waals surface area contributed by atoms with Crippen molar-refractivity contribution in [2.24, 2.45) is 0 Å². The van der Waals surface area contributed by atoms with Crippen molar-refractivity contribution in [3.63, 3.8) is 0 Å². The topological polar surface area (TPSA) is 50.9 Å². The maximum Gasteiger partial charge on any atom is 0.149 e. The number of imidazole rings is 1. The fourth-order valence-electron chi connectivity index (χ4n) is 10.5. The number of hydrogen-bond acceptors (Lipinski definition) is 3. The lowest BCUT2D eigenvalue weighted by atomic mass is 9.71. The standard InChI is InChI=1S/C70H61N3O/c1-68(2,3)56-38-39-63(59(44-56)48-22-12-8-13-23-48)73-64-33-21-32-58(65(64)72-67(73)61-46-57(69(4,5)6)45-60(66(61)74)49-24-14-9-15-25-49)51-26-20-27-52(42-51)62-43-50(40-41-71-62)47-34-36-55(37-35-47)70(7,53-28-16-10-17-29-53)54-30-18-11-19-31-54/h8-46,74H,1-7H3. The van der Waals surface area contributed by atoms with E-state index >= 15 is 0 Å². The molecule has 1 N–H and O–H groups in total. The highest BCUT2D eigenvalue weighted by molar-refractivity contribution is 5.98. The van der Waals surface area contributed by atoms with Crippen molar-refractivity contribution in [2.45, 2.75) is 64.7 Å². The van der Waals surface area contributed by atoms with Gasteiger partial charge >= 0.3 is 0 Å². The van der Waals surface area contributed by atoms with Crippen molar-refractivity contribution in [1.82, 2.24) is 14.5 Å². The highest BCUT2D eigenvalue weighted by Crippen LogP contribution is 2.46. The number of para-hydroxylation sites is 1. The zero-order valence-corrected chi connectivity index (χ0v) is 43.3. The number of aromatic nitrogens is 3. The second kappa shape index (κ2) is 19.1. The Morgan fingerprint density at radius 3 is 1.50 bits per heavy atom. The molecule has 4 heteroatoms. The molecular formula is C70H61N3O. The molecule has 11 aromatic rings. The molecule has 0 aliphatic rings. The van der Waals surface area contributed by atoms with Gasteiger partial charge in [-0.3, -0.25) is 9.55 Å². The largest absolute Gasteiger partial charge is 0.507 e. The van der Waals surface area contributed by atoms with Gasteiger partial charge in [-0.15, -0.1) is 0 Å². The summed E-state index contributed by atoms with van der Waals surface area (Å²) in [5, 5.41) is 12.7. The first kappa shape index (κ1) is 47.7. The van der Waals surface area contributed by atoms with E-state index in [1.54, 1.807) is 0 Å². The second-order valence-electron chi connectivity index (χ2n) is 21.8. The SMILES string of the molecule is CC(C)(C)c1ccc(-n2c(-c3cc(C(C)(C)C)cc(-c4ccccc4)c3O)nc3c(-c4cccc(-c5cc(-c6ccc(C(C)(c7ccccc7)c7ccccc7)cc6)ccn5)c4)cccc32)c(-c2ccccc2)c1. The first-order valence-electron chi connectivity index (χ1n) is 25.7. The van der Waals surface area contributed by atoms with Crippen molar-refractivity contribution >= 4 is 11.0 Å². The lowest BCUT2D eigenvalue weighted by Crippen LogP contribution is -2.25. The number of phenols is 1. The maximum absolute atomic E-state index is 12.7. The van der Waals surface area contributed by atoms with Crippen LogP contribution in [-0.4, -0.2) is 19.6 Å². The van der Waals surface area contributed by atoms with Gasteiger partial charge in [0.2, 0.25) is 0 Å². The van der Waals surface area contributed by atoms with E-state index in [0.717, 1.165) is 78.0 Å². The van der Waals surface area contributed by atoms with Gasteiger partial charge in [-0.2, -0.15) is 0 Å². The molecule has 362 valence electrons. The maximum atomic E-state index is 12.7. The summed E-state index contributed by atoms with van der Waals surface area (Å²) in [5.74, 6) is 0.859. The molecule has 0 atom stereocenters. The van der Waals surface area contributed by atoms with Crippen molar-refractivity contribution in [1.29, 1.82) is 0 Å². The summed E-state index contributed by atoms with van der Waals surface area (Å²) < 4.78 is 2.27. The van der Waals surface area contributed by atoms with Crippen LogP contribution in [0.25, 0.3) is 83.9 Å². The van der Waals surface area contributed by atoms with Crippen molar-refractivity contribution in [2.75, 3.05) is 0 Å². The van der Waals surface area contributed by atoms with Gasteiger partial charge in [0.05, 0.1) is 28.0 Å². The van der Waals surface area contributed by atoms with E-state index in [-0.39, 0.29) is 22.0 Å². The first-order chi connectivity index (χ1) is 35.8. The minimum absolute atomic E-state index is 0.0871. The number of benzene rings is 9. The number of aromatic hydroxyl groups is 1. The molecule has 74 heavy (non-hydrogen) atoms. The van der Waals surface area contributed by atoms with Gasteiger partial charge in [-0.1, -0.05) is 224 Å². The summed E-state index contributed by atoms with van der Waals surface area (Å²) in [6, 6.07) is 81.8. The fraction of sp³-hybridized carbons (Fsp3) is 0.143. The number of phenolic OH excluding ortho intramolecular Hbond substituents is 1. The average Bonchev–Trinajstić information content (AvgIpc) is 3.83. The fourth-order valence-corrected chi connectivity index (χ4v) is 10.5. The minimum Gasteiger partial charge on any atom is -0.507 e. The Morgan fingerprint density at radius 2 is 0.878 bits per heavy atom. The number of nitrogens with zero attached hydrogens (tertiary/aromatic N) is 3. The summed E-state index contributed by atoms with van der Waals surface area (Å²) in [4.78, 5) is 10.6. The van der Waals surface area contributed by atoms with Crippen LogP contribution in [0.3, 0.4) is 0 Å². The Bertz CT molecular complexity index is 3750. The van der Waals surface area contributed by atoms with Gasteiger partial charge in [0.1, 0.15) is 11.6 Å². The first-order valence-corrected chi connectivity index (χ1v) is 25.7. The van der Waals surface area contributed by atoms with Gasteiger partial charge in [-0.25, -0.2) is 4.98 Å². The van der Waals surface area contributed by atoms with Crippen LogP contribution in [0.1, 0.15) is 76.3 Å². The van der Waals surface area contributed by atoms with Crippen LogP contribution in [-0.2, 0) is 16.2 Å². The molecule has 2 aromatic heterocycles.